The van der Waals surface area contributed by atoms with Crippen molar-refractivity contribution in [2.24, 2.45) is 0 Å². The largest absolute Gasteiger partial charge is 0.465 e. The van der Waals surface area contributed by atoms with E-state index in [1.807, 2.05) is 12.1 Å². The molecule has 1 aromatic heterocycles. The highest BCUT2D eigenvalue weighted by atomic mass is 79.9. The van der Waals surface area contributed by atoms with Gasteiger partial charge in [-0.3, -0.25) is 9.78 Å². The number of amides is 1. The fourth-order valence-corrected chi connectivity index (χ4v) is 2.99. The van der Waals surface area contributed by atoms with Crippen LogP contribution in [0.15, 0.2) is 41.1 Å². The number of carbonyl (C=O) groups is 2. The monoisotopic (exact) mass is 374 g/mol. The zero-order valence-electron chi connectivity index (χ0n) is 12.6. The molecule has 0 fully saturated rings. The topological polar surface area (TPSA) is 59.5 Å². The number of methoxy groups -OCH3 is 1. The third-order valence-electron chi connectivity index (χ3n) is 3.92. The second-order valence-electron chi connectivity index (χ2n) is 5.30. The molecule has 2 aromatic rings. The Hall–Kier alpha value is -2.21. The molecular weight excluding hydrogens is 360 g/mol. The number of aromatic nitrogens is 1. The maximum atomic E-state index is 12.6. The molecule has 1 aliphatic rings. The van der Waals surface area contributed by atoms with Crippen molar-refractivity contribution in [2.45, 2.75) is 13.0 Å². The molecule has 6 heteroatoms. The smallest absolute Gasteiger partial charge is 0.339 e. The highest BCUT2D eigenvalue weighted by Crippen LogP contribution is 2.23. The number of rotatable bonds is 2. The Kier molecular flexibility index (Phi) is 4.43. The van der Waals surface area contributed by atoms with Crippen LogP contribution >= 0.6 is 15.9 Å². The van der Waals surface area contributed by atoms with Gasteiger partial charge in [0, 0.05) is 35.5 Å². The molecule has 1 amide bonds. The minimum atomic E-state index is -0.387. The second kappa shape index (κ2) is 6.50. The Morgan fingerprint density at radius 2 is 1.96 bits per heavy atom. The minimum absolute atomic E-state index is 0.0216. The Bertz CT molecular complexity index is 759. The van der Waals surface area contributed by atoms with E-state index in [1.165, 1.54) is 13.3 Å². The molecule has 23 heavy (non-hydrogen) atoms. The molecule has 3 rings (SSSR count). The molecule has 0 aliphatic carbocycles. The molecule has 2 heterocycles. The molecule has 5 nitrogen and oxygen atoms in total. The van der Waals surface area contributed by atoms with Crippen molar-refractivity contribution >= 4 is 27.8 Å². The number of halogens is 1. The van der Waals surface area contributed by atoms with Crippen LogP contribution < -0.4 is 0 Å². The Balaban J connectivity index is 1.84. The molecule has 0 bridgehead atoms. The van der Waals surface area contributed by atoms with E-state index in [0.717, 1.165) is 15.6 Å². The quantitative estimate of drug-likeness (QED) is 0.758. The summed E-state index contributed by atoms with van der Waals surface area (Å²) in [6.07, 6.45) is 3.85. The number of esters is 1. The second-order valence-corrected chi connectivity index (χ2v) is 6.22. The zero-order valence-corrected chi connectivity index (χ0v) is 14.2. The summed E-state index contributed by atoms with van der Waals surface area (Å²) < 4.78 is 5.73. The maximum absolute atomic E-state index is 12.6. The summed E-state index contributed by atoms with van der Waals surface area (Å²) in [6.45, 7) is 1.01. The molecular formula is C17H15BrN2O3. The summed E-state index contributed by atoms with van der Waals surface area (Å²) in [4.78, 5) is 30.3. The van der Waals surface area contributed by atoms with Crippen molar-refractivity contribution in [1.29, 1.82) is 0 Å². The van der Waals surface area contributed by atoms with Gasteiger partial charge in [-0.2, -0.15) is 0 Å². The molecule has 0 saturated heterocycles. The molecule has 0 unspecified atom stereocenters. The summed E-state index contributed by atoms with van der Waals surface area (Å²) in [6, 6.07) is 7.29. The third-order valence-corrected chi connectivity index (χ3v) is 4.45. The van der Waals surface area contributed by atoms with E-state index in [1.54, 1.807) is 23.2 Å². The average Bonchev–Trinajstić information content (AvgIpc) is 2.60. The predicted octanol–water partition coefficient (Wildman–Crippen LogP) is 2.83. The Labute approximate surface area is 142 Å². The fourth-order valence-electron chi connectivity index (χ4n) is 2.73. The van der Waals surface area contributed by atoms with Gasteiger partial charge in [0.25, 0.3) is 5.91 Å². The number of ether oxygens (including phenoxy) is 1. The lowest BCUT2D eigenvalue weighted by Gasteiger charge is -2.29. The first-order valence-corrected chi connectivity index (χ1v) is 7.98. The molecule has 0 atom stereocenters. The molecule has 1 aromatic carbocycles. The standard InChI is InChI=1S/C17H15BrN2O3/c1-23-17(22)15-9-19-8-12-10-20(7-6-14(12)15)16(21)11-2-4-13(18)5-3-11/h2-5,8-9H,6-7,10H2,1H3. The van der Waals surface area contributed by atoms with Crippen LogP contribution in [-0.4, -0.2) is 35.4 Å². The summed E-state index contributed by atoms with van der Waals surface area (Å²) in [5.41, 5.74) is 2.95. The number of benzene rings is 1. The minimum Gasteiger partial charge on any atom is -0.465 e. The van der Waals surface area contributed by atoms with Crippen LogP contribution in [0, 0.1) is 0 Å². The number of fused-ring (bicyclic) bond motifs is 1. The van der Waals surface area contributed by atoms with Crippen molar-refractivity contribution in [3.8, 4) is 0 Å². The summed E-state index contributed by atoms with van der Waals surface area (Å²) in [7, 11) is 1.36. The van der Waals surface area contributed by atoms with Crippen molar-refractivity contribution < 1.29 is 14.3 Å². The van der Waals surface area contributed by atoms with Crippen LogP contribution in [-0.2, 0) is 17.7 Å². The number of pyridine rings is 1. The van der Waals surface area contributed by atoms with E-state index in [0.29, 0.717) is 30.6 Å². The normalized spacial score (nSPS) is 13.4. The van der Waals surface area contributed by atoms with E-state index >= 15 is 0 Å². The van der Waals surface area contributed by atoms with Crippen LogP contribution in [0.25, 0.3) is 0 Å². The first-order valence-electron chi connectivity index (χ1n) is 7.19. The van der Waals surface area contributed by atoms with Gasteiger partial charge in [-0.1, -0.05) is 15.9 Å². The van der Waals surface area contributed by atoms with E-state index in [4.69, 9.17) is 4.74 Å². The lowest BCUT2D eigenvalue weighted by molar-refractivity contribution is 0.0598. The number of hydrogen-bond donors (Lipinski definition) is 0. The van der Waals surface area contributed by atoms with Crippen molar-refractivity contribution in [1.82, 2.24) is 9.88 Å². The zero-order chi connectivity index (χ0) is 16.4. The van der Waals surface area contributed by atoms with Gasteiger partial charge in [0.1, 0.15) is 0 Å². The summed E-state index contributed by atoms with van der Waals surface area (Å²) in [5, 5.41) is 0. The highest BCUT2D eigenvalue weighted by Gasteiger charge is 2.25. The SMILES string of the molecule is COC(=O)c1cncc2c1CCN(C(=O)c1ccc(Br)cc1)C2. The Morgan fingerprint density at radius 3 is 2.65 bits per heavy atom. The maximum Gasteiger partial charge on any atom is 0.339 e. The third kappa shape index (κ3) is 3.12. The van der Waals surface area contributed by atoms with Crippen molar-refractivity contribution in [2.75, 3.05) is 13.7 Å². The number of hydrogen-bond acceptors (Lipinski definition) is 4. The highest BCUT2D eigenvalue weighted by molar-refractivity contribution is 9.10. The summed E-state index contributed by atoms with van der Waals surface area (Å²) in [5.74, 6) is -0.409. The van der Waals surface area contributed by atoms with E-state index in [-0.39, 0.29) is 11.9 Å². The molecule has 0 N–H and O–H groups in total. The fraction of sp³-hybridized carbons (Fsp3) is 0.235. The van der Waals surface area contributed by atoms with Gasteiger partial charge in [-0.05, 0) is 41.8 Å². The lowest BCUT2D eigenvalue weighted by Crippen LogP contribution is -2.36. The van der Waals surface area contributed by atoms with Crippen LogP contribution in [0.1, 0.15) is 31.8 Å². The van der Waals surface area contributed by atoms with E-state index in [9.17, 15) is 9.59 Å². The Morgan fingerprint density at radius 1 is 1.22 bits per heavy atom. The summed E-state index contributed by atoms with van der Waals surface area (Å²) >= 11 is 3.36. The van der Waals surface area contributed by atoms with Crippen molar-refractivity contribution in [3.63, 3.8) is 0 Å². The van der Waals surface area contributed by atoms with Gasteiger partial charge in [0.05, 0.1) is 12.7 Å². The van der Waals surface area contributed by atoms with Crippen molar-refractivity contribution in [3.05, 3.63) is 63.4 Å². The molecule has 0 spiro atoms. The molecule has 0 radical (unpaired) electrons. The van der Waals surface area contributed by atoms with E-state index in [2.05, 4.69) is 20.9 Å². The molecule has 1 aliphatic heterocycles. The van der Waals surface area contributed by atoms with Crippen LogP contribution in [0.5, 0.6) is 0 Å². The number of nitrogens with zero attached hydrogens (tertiary/aromatic N) is 2. The number of carbonyl (C=O) groups excluding carboxylic acids is 2. The molecule has 0 saturated carbocycles. The van der Waals surface area contributed by atoms with Gasteiger partial charge in [-0.25, -0.2) is 4.79 Å². The van der Waals surface area contributed by atoms with Crippen LogP contribution in [0.3, 0.4) is 0 Å². The lowest BCUT2D eigenvalue weighted by atomic mass is 9.96. The van der Waals surface area contributed by atoms with E-state index < -0.39 is 0 Å². The predicted molar refractivity (Wildman–Crippen MR) is 88.2 cm³/mol. The van der Waals surface area contributed by atoms with Crippen LogP contribution in [0.2, 0.25) is 0 Å². The first-order chi connectivity index (χ1) is 11.1. The molecule has 118 valence electrons. The first kappa shape index (κ1) is 15.7. The van der Waals surface area contributed by atoms with Gasteiger partial charge < -0.3 is 9.64 Å². The van der Waals surface area contributed by atoms with Gasteiger partial charge in [0.15, 0.2) is 0 Å². The average molecular weight is 375 g/mol. The van der Waals surface area contributed by atoms with Crippen LogP contribution in [0.4, 0.5) is 0 Å². The van der Waals surface area contributed by atoms with Gasteiger partial charge >= 0.3 is 5.97 Å². The van der Waals surface area contributed by atoms with Gasteiger partial charge in [0.2, 0.25) is 0 Å². The van der Waals surface area contributed by atoms with Gasteiger partial charge in [-0.15, -0.1) is 0 Å².